The van der Waals surface area contributed by atoms with Crippen molar-refractivity contribution in [3.63, 3.8) is 0 Å². The predicted molar refractivity (Wildman–Crippen MR) is 59.9 cm³/mol. The zero-order chi connectivity index (χ0) is 12.0. The Labute approximate surface area is 96.1 Å². The molecule has 1 saturated heterocycles. The smallest absolute Gasteiger partial charge is 0.248 e. The van der Waals surface area contributed by atoms with Crippen molar-refractivity contribution in [3.8, 4) is 0 Å². The molecule has 0 aliphatic carbocycles. The third-order valence-corrected chi connectivity index (χ3v) is 2.89. The van der Waals surface area contributed by atoms with Crippen molar-refractivity contribution in [1.29, 1.82) is 0 Å². The van der Waals surface area contributed by atoms with Crippen molar-refractivity contribution >= 4 is 11.8 Å². The zero-order valence-electron chi connectivity index (χ0n) is 9.99. The predicted octanol–water partition coefficient (Wildman–Crippen LogP) is 0.00750. The highest BCUT2D eigenvalue weighted by Crippen LogP contribution is 2.17. The zero-order valence-corrected chi connectivity index (χ0v) is 9.99. The molecular formula is C11H20N2O3. The van der Waals surface area contributed by atoms with Crippen LogP contribution in [0, 0.1) is 5.92 Å². The summed E-state index contributed by atoms with van der Waals surface area (Å²) < 4.78 is 5.07. The van der Waals surface area contributed by atoms with E-state index in [0.29, 0.717) is 19.7 Å². The Morgan fingerprint density at radius 3 is 2.50 bits per heavy atom. The number of piperidine rings is 1. The van der Waals surface area contributed by atoms with Gasteiger partial charge in [-0.05, 0) is 19.8 Å². The Balaban J connectivity index is 2.31. The van der Waals surface area contributed by atoms with E-state index in [1.807, 2.05) is 6.92 Å². The lowest BCUT2D eigenvalue weighted by atomic mass is 9.96. The molecule has 0 aromatic carbocycles. The van der Waals surface area contributed by atoms with Crippen molar-refractivity contribution in [2.45, 2.75) is 19.8 Å². The van der Waals surface area contributed by atoms with E-state index >= 15 is 0 Å². The van der Waals surface area contributed by atoms with Gasteiger partial charge in [0.15, 0.2) is 0 Å². The molecule has 0 saturated carbocycles. The summed E-state index contributed by atoms with van der Waals surface area (Å²) in [6, 6.07) is 0. The van der Waals surface area contributed by atoms with E-state index in [2.05, 4.69) is 5.32 Å². The molecule has 0 unspecified atom stereocenters. The Bertz CT molecular complexity index is 248. The highest BCUT2D eigenvalue weighted by atomic mass is 16.5. The van der Waals surface area contributed by atoms with Gasteiger partial charge in [-0.15, -0.1) is 0 Å². The standard InChI is InChI=1S/C11H20N2O3/c1-3-16-8-10(14)13-6-4-9(5-7-13)11(15)12-2/h9H,3-8H2,1-2H3,(H,12,15). The van der Waals surface area contributed by atoms with Gasteiger partial charge in [-0.1, -0.05) is 0 Å². The van der Waals surface area contributed by atoms with Gasteiger partial charge < -0.3 is 15.0 Å². The summed E-state index contributed by atoms with van der Waals surface area (Å²) in [4.78, 5) is 24.8. The van der Waals surface area contributed by atoms with Crippen LogP contribution in [-0.2, 0) is 14.3 Å². The molecule has 0 radical (unpaired) electrons. The third-order valence-electron chi connectivity index (χ3n) is 2.89. The third kappa shape index (κ3) is 3.48. The minimum atomic E-state index is 0.0252. The van der Waals surface area contributed by atoms with Gasteiger partial charge in [-0.25, -0.2) is 0 Å². The second-order valence-electron chi connectivity index (χ2n) is 3.91. The molecule has 1 heterocycles. The van der Waals surface area contributed by atoms with Gasteiger partial charge in [0.1, 0.15) is 6.61 Å². The average molecular weight is 228 g/mol. The molecule has 5 heteroatoms. The van der Waals surface area contributed by atoms with Crippen molar-refractivity contribution in [1.82, 2.24) is 10.2 Å². The minimum Gasteiger partial charge on any atom is -0.372 e. The Morgan fingerprint density at radius 1 is 1.38 bits per heavy atom. The molecule has 0 aromatic rings. The van der Waals surface area contributed by atoms with Gasteiger partial charge in [-0.3, -0.25) is 9.59 Å². The maximum absolute atomic E-state index is 11.6. The number of hydrogen-bond donors (Lipinski definition) is 1. The van der Waals surface area contributed by atoms with E-state index in [-0.39, 0.29) is 24.3 Å². The topological polar surface area (TPSA) is 58.6 Å². The summed E-state index contributed by atoms with van der Waals surface area (Å²) in [6.07, 6.45) is 1.50. The Morgan fingerprint density at radius 2 is 2.00 bits per heavy atom. The lowest BCUT2D eigenvalue weighted by Crippen LogP contribution is -2.43. The van der Waals surface area contributed by atoms with E-state index in [4.69, 9.17) is 4.74 Å². The number of carbonyl (C=O) groups is 2. The molecule has 1 rings (SSSR count). The molecule has 5 nitrogen and oxygen atoms in total. The lowest BCUT2D eigenvalue weighted by Gasteiger charge is -2.31. The maximum atomic E-state index is 11.6. The summed E-state index contributed by atoms with van der Waals surface area (Å²) >= 11 is 0. The van der Waals surface area contributed by atoms with Crippen LogP contribution < -0.4 is 5.32 Å². The summed E-state index contributed by atoms with van der Waals surface area (Å²) in [5, 5.41) is 2.65. The summed E-state index contributed by atoms with van der Waals surface area (Å²) in [6.45, 7) is 3.89. The van der Waals surface area contributed by atoms with E-state index in [1.54, 1.807) is 11.9 Å². The molecule has 16 heavy (non-hydrogen) atoms. The number of hydrogen-bond acceptors (Lipinski definition) is 3. The van der Waals surface area contributed by atoms with Gasteiger partial charge in [0, 0.05) is 32.7 Å². The molecule has 92 valence electrons. The van der Waals surface area contributed by atoms with Crippen LogP contribution in [0.1, 0.15) is 19.8 Å². The van der Waals surface area contributed by atoms with E-state index < -0.39 is 0 Å². The molecule has 0 bridgehead atoms. The van der Waals surface area contributed by atoms with Crippen molar-refractivity contribution in [2.24, 2.45) is 5.92 Å². The van der Waals surface area contributed by atoms with Crippen LogP contribution in [-0.4, -0.2) is 50.1 Å². The normalized spacial score (nSPS) is 17.2. The largest absolute Gasteiger partial charge is 0.372 e. The number of nitrogens with one attached hydrogen (secondary N) is 1. The molecule has 0 atom stereocenters. The Hall–Kier alpha value is -1.10. The fourth-order valence-corrected chi connectivity index (χ4v) is 1.88. The number of ether oxygens (including phenoxy) is 1. The van der Waals surface area contributed by atoms with Crippen LogP contribution in [0.4, 0.5) is 0 Å². The van der Waals surface area contributed by atoms with Crippen LogP contribution >= 0.6 is 0 Å². The molecule has 1 aliphatic heterocycles. The van der Waals surface area contributed by atoms with Crippen LogP contribution in [0.5, 0.6) is 0 Å². The first-order valence-electron chi connectivity index (χ1n) is 5.76. The fourth-order valence-electron chi connectivity index (χ4n) is 1.88. The van der Waals surface area contributed by atoms with Crippen LogP contribution in [0.2, 0.25) is 0 Å². The quantitative estimate of drug-likeness (QED) is 0.737. The number of amides is 2. The second kappa shape index (κ2) is 6.48. The van der Waals surface area contributed by atoms with Crippen LogP contribution in [0.25, 0.3) is 0 Å². The second-order valence-corrected chi connectivity index (χ2v) is 3.91. The fraction of sp³-hybridized carbons (Fsp3) is 0.818. The average Bonchev–Trinajstić information content (AvgIpc) is 2.35. The number of rotatable bonds is 4. The Kier molecular flexibility index (Phi) is 5.25. The lowest BCUT2D eigenvalue weighted by molar-refractivity contribution is -0.139. The molecule has 1 N–H and O–H groups in total. The number of likely N-dealkylation sites (tertiary alicyclic amines) is 1. The summed E-state index contributed by atoms with van der Waals surface area (Å²) in [5.41, 5.74) is 0. The van der Waals surface area contributed by atoms with E-state index in [0.717, 1.165) is 12.8 Å². The molecular weight excluding hydrogens is 208 g/mol. The van der Waals surface area contributed by atoms with E-state index in [9.17, 15) is 9.59 Å². The first-order valence-corrected chi connectivity index (χ1v) is 5.76. The highest BCUT2D eigenvalue weighted by molar-refractivity contribution is 5.80. The SMILES string of the molecule is CCOCC(=O)N1CCC(C(=O)NC)CC1. The van der Waals surface area contributed by atoms with Crippen molar-refractivity contribution in [3.05, 3.63) is 0 Å². The van der Waals surface area contributed by atoms with E-state index in [1.165, 1.54) is 0 Å². The number of carbonyl (C=O) groups excluding carboxylic acids is 2. The number of nitrogens with zero attached hydrogens (tertiary/aromatic N) is 1. The maximum Gasteiger partial charge on any atom is 0.248 e. The van der Waals surface area contributed by atoms with Gasteiger partial charge in [0.05, 0.1) is 0 Å². The summed E-state index contributed by atoms with van der Waals surface area (Å²) in [7, 11) is 1.65. The van der Waals surface area contributed by atoms with Crippen LogP contribution in [0.15, 0.2) is 0 Å². The molecule has 2 amide bonds. The van der Waals surface area contributed by atoms with Gasteiger partial charge in [0.2, 0.25) is 11.8 Å². The summed E-state index contributed by atoms with van der Waals surface area (Å²) in [5.74, 6) is 0.162. The van der Waals surface area contributed by atoms with Gasteiger partial charge in [-0.2, -0.15) is 0 Å². The van der Waals surface area contributed by atoms with Crippen molar-refractivity contribution < 1.29 is 14.3 Å². The molecule has 0 aromatic heterocycles. The first kappa shape index (κ1) is 13.0. The van der Waals surface area contributed by atoms with Crippen LogP contribution in [0.3, 0.4) is 0 Å². The first-order chi connectivity index (χ1) is 7.69. The van der Waals surface area contributed by atoms with Gasteiger partial charge >= 0.3 is 0 Å². The minimum absolute atomic E-state index is 0.0252. The molecule has 1 aliphatic rings. The van der Waals surface area contributed by atoms with Gasteiger partial charge in [0.25, 0.3) is 0 Å². The molecule has 1 fully saturated rings. The molecule has 0 spiro atoms. The van der Waals surface area contributed by atoms with Crippen molar-refractivity contribution in [2.75, 3.05) is 33.4 Å². The highest BCUT2D eigenvalue weighted by Gasteiger charge is 2.26. The monoisotopic (exact) mass is 228 g/mol.